The summed E-state index contributed by atoms with van der Waals surface area (Å²) in [6.45, 7) is 0.793. The molecule has 1 fully saturated rings. The van der Waals surface area contributed by atoms with Crippen molar-refractivity contribution in [3.63, 3.8) is 0 Å². The molecule has 0 spiro atoms. The number of hydrogen-bond acceptors (Lipinski definition) is 6. The van der Waals surface area contributed by atoms with Crippen LogP contribution in [-0.2, 0) is 27.0 Å². The van der Waals surface area contributed by atoms with Crippen LogP contribution >= 0.6 is 23.4 Å². The summed E-state index contributed by atoms with van der Waals surface area (Å²) < 4.78 is 47.4. The first-order chi connectivity index (χ1) is 18.6. The molecule has 2 aliphatic rings. The molecule has 3 heterocycles. The van der Waals surface area contributed by atoms with E-state index in [-0.39, 0.29) is 35.7 Å². The summed E-state index contributed by atoms with van der Waals surface area (Å²) in [5, 5.41) is 14.4. The standard InChI is InChI=1S/C26H22ClF3N4O4S/c27-18-3-2-16(20(11-18)26(28,29)30)13-34-21-4-1-15(9-17(21)12-31-34)10-22-24(37)32-25(39-22)33-7-5-19(6-8-33)38-14-23(35)36/h1-4,9-12,19H,5-8,13-14H2,(H,35,36). The van der Waals surface area contributed by atoms with Crippen molar-refractivity contribution in [3.05, 3.63) is 69.2 Å². The first-order valence-electron chi connectivity index (χ1n) is 12.0. The minimum Gasteiger partial charge on any atom is -0.480 e. The van der Waals surface area contributed by atoms with E-state index in [2.05, 4.69) is 10.1 Å². The number of fused-ring (bicyclic) bond motifs is 1. The first kappa shape index (κ1) is 27.2. The van der Waals surface area contributed by atoms with Crippen LogP contribution in [0.5, 0.6) is 0 Å². The van der Waals surface area contributed by atoms with Crippen LogP contribution in [0.2, 0.25) is 5.02 Å². The maximum Gasteiger partial charge on any atom is 0.416 e. The smallest absolute Gasteiger partial charge is 0.416 e. The molecule has 39 heavy (non-hydrogen) atoms. The number of aromatic nitrogens is 2. The number of piperidine rings is 1. The molecule has 2 aliphatic heterocycles. The second-order valence-corrected chi connectivity index (χ2v) is 10.6. The number of carboxylic acids is 1. The number of carbonyl (C=O) groups excluding carboxylic acids is 1. The number of hydrogen-bond donors (Lipinski definition) is 1. The number of nitrogens with zero attached hydrogens (tertiary/aromatic N) is 4. The van der Waals surface area contributed by atoms with Crippen molar-refractivity contribution in [1.82, 2.24) is 14.7 Å². The number of benzene rings is 2. The highest BCUT2D eigenvalue weighted by Crippen LogP contribution is 2.35. The van der Waals surface area contributed by atoms with Crippen LogP contribution in [0.4, 0.5) is 13.2 Å². The Kier molecular flexibility index (Phi) is 7.70. The number of ether oxygens (including phenoxy) is 1. The predicted octanol–water partition coefficient (Wildman–Crippen LogP) is 5.29. The van der Waals surface area contributed by atoms with E-state index in [1.807, 2.05) is 11.0 Å². The quantitative estimate of drug-likeness (QED) is 0.397. The molecule has 204 valence electrons. The van der Waals surface area contributed by atoms with E-state index < -0.39 is 17.7 Å². The number of halogens is 4. The second kappa shape index (κ2) is 11.0. The monoisotopic (exact) mass is 578 g/mol. The van der Waals surface area contributed by atoms with Gasteiger partial charge in [-0.15, -0.1) is 0 Å². The summed E-state index contributed by atoms with van der Waals surface area (Å²) in [6, 6.07) is 9.03. The molecule has 13 heteroatoms. The van der Waals surface area contributed by atoms with E-state index in [9.17, 15) is 22.8 Å². The minimum atomic E-state index is -4.54. The number of amides is 1. The van der Waals surface area contributed by atoms with E-state index >= 15 is 0 Å². The largest absolute Gasteiger partial charge is 0.480 e. The van der Waals surface area contributed by atoms with Gasteiger partial charge in [-0.1, -0.05) is 23.7 Å². The number of aliphatic imine (C=N–C) groups is 1. The third-order valence-corrected chi connectivity index (χ3v) is 7.70. The van der Waals surface area contributed by atoms with E-state index in [0.29, 0.717) is 46.9 Å². The Hall–Kier alpha value is -3.35. The molecule has 0 bridgehead atoms. The lowest BCUT2D eigenvalue weighted by molar-refractivity contribution is -0.145. The zero-order valence-corrected chi connectivity index (χ0v) is 21.9. The summed E-state index contributed by atoms with van der Waals surface area (Å²) in [6.07, 6.45) is -0.101. The Labute approximate surface area is 230 Å². The Bertz CT molecular complexity index is 1500. The number of aliphatic carboxylic acids is 1. The van der Waals surface area contributed by atoms with Gasteiger partial charge in [-0.3, -0.25) is 9.48 Å². The normalized spacial score (nSPS) is 17.8. The lowest BCUT2D eigenvalue weighted by atomic mass is 10.1. The van der Waals surface area contributed by atoms with Crippen LogP contribution in [0.1, 0.15) is 29.5 Å². The molecule has 5 rings (SSSR count). The predicted molar refractivity (Wildman–Crippen MR) is 141 cm³/mol. The molecule has 1 amide bonds. The van der Waals surface area contributed by atoms with Gasteiger partial charge in [-0.2, -0.15) is 23.3 Å². The van der Waals surface area contributed by atoms with E-state index in [0.717, 1.165) is 11.6 Å². The molecule has 0 radical (unpaired) electrons. The van der Waals surface area contributed by atoms with Gasteiger partial charge in [0.05, 0.1) is 34.8 Å². The molecule has 3 aromatic rings. The van der Waals surface area contributed by atoms with E-state index in [1.165, 1.54) is 28.6 Å². The highest BCUT2D eigenvalue weighted by molar-refractivity contribution is 8.18. The number of amidine groups is 1. The Morgan fingerprint density at radius 2 is 1.97 bits per heavy atom. The van der Waals surface area contributed by atoms with Gasteiger partial charge >= 0.3 is 12.1 Å². The molecule has 0 aliphatic carbocycles. The fourth-order valence-electron chi connectivity index (χ4n) is 4.52. The van der Waals surface area contributed by atoms with Gasteiger partial charge in [0.15, 0.2) is 5.17 Å². The number of rotatable bonds is 6. The van der Waals surface area contributed by atoms with E-state index in [4.69, 9.17) is 21.4 Å². The van der Waals surface area contributed by atoms with Crippen LogP contribution in [0.3, 0.4) is 0 Å². The summed E-state index contributed by atoms with van der Waals surface area (Å²) in [5.74, 6) is -1.35. The molecule has 2 aromatic carbocycles. The molecule has 1 N–H and O–H groups in total. The van der Waals surface area contributed by atoms with Crippen LogP contribution in [-0.4, -0.2) is 62.6 Å². The lowest BCUT2D eigenvalue weighted by Gasteiger charge is -2.32. The maximum absolute atomic E-state index is 13.5. The van der Waals surface area contributed by atoms with Gasteiger partial charge in [0.25, 0.3) is 5.91 Å². The zero-order valence-electron chi connectivity index (χ0n) is 20.3. The average Bonchev–Trinajstić information content (AvgIpc) is 3.46. The van der Waals surface area contributed by atoms with Crippen molar-refractivity contribution in [2.75, 3.05) is 19.7 Å². The van der Waals surface area contributed by atoms with E-state index in [1.54, 1.807) is 24.4 Å². The molecular formula is C26H22ClF3N4O4S. The van der Waals surface area contributed by atoms with Gasteiger partial charge in [-0.25, -0.2) is 4.79 Å². The van der Waals surface area contributed by atoms with Crippen molar-refractivity contribution in [2.45, 2.75) is 31.7 Å². The van der Waals surface area contributed by atoms with Gasteiger partial charge in [0.2, 0.25) is 0 Å². The molecule has 8 nitrogen and oxygen atoms in total. The number of carboxylic acid groups (broad SMARTS) is 1. The molecule has 1 saturated heterocycles. The highest BCUT2D eigenvalue weighted by Gasteiger charge is 2.34. The van der Waals surface area contributed by atoms with Gasteiger partial charge in [0, 0.05) is 23.5 Å². The Morgan fingerprint density at radius 1 is 1.21 bits per heavy atom. The third kappa shape index (κ3) is 6.29. The summed E-state index contributed by atoms with van der Waals surface area (Å²) >= 11 is 7.06. The lowest BCUT2D eigenvalue weighted by Crippen LogP contribution is -2.39. The van der Waals surface area contributed by atoms with Crippen molar-refractivity contribution in [3.8, 4) is 0 Å². The zero-order chi connectivity index (χ0) is 27.7. The molecule has 1 aromatic heterocycles. The fourth-order valence-corrected chi connectivity index (χ4v) is 5.66. The maximum atomic E-state index is 13.5. The summed E-state index contributed by atoms with van der Waals surface area (Å²) in [4.78, 5) is 29.9. The molecule has 0 atom stereocenters. The first-order valence-corrected chi connectivity index (χ1v) is 13.2. The second-order valence-electron chi connectivity index (χ2n) is 9.12. The summed E-state index contributed by atoms with van der Waals surface area (Å²) in [7, 11) is 0. The third-order valence-electron chi connectivity index (χ3n) is 6.43. The van der Waals surface area contributed by atoms with Gasteiger partial charge < -0.3 is 14.7 Å². The number of likely N-dealkylation sites (tertiary alicyclic amines) is 1. The molecular weight excluding hydrogens is 557 g/mol. The topological polar surface area (TPSA) is 97.0 Å². The molecule has 0 unspecified atom stereocenters. The molecule has 0 saturated carbocycles. The number of alkyl halides is 3. The Morgan fingerprint density at radius 3 is 2.69 bits per heavy atom. The van der Waals surface area contributed by atoms with Crippen LogP contribution < -0.4 is 0 Å². The van der Waals surface area contributed by atoms with Crippen LogP contribution in [0, 0.1) is 0 Å². The average molecular weight is 579 g/mol. The van der Waals surface area contributed by atoms with Crippen LogP contribution in [0.15, 0.2) is 52.5 Å². The fraction of sp³-hybridized carbons (Fsp3) is 0.308. The number of carbonyl (C=O) groups is 2. The van der Waals surface area contributed by atoms with Crippen LogP contribution in [0.25, 0.3) is 17.0 Å². The van der Waals surface area contributed by atoms with Gasteiger partial charge in [-0.05, 0) is 66.1 Å². The van der Waals surface area contributed by atoms with Crippen molar-refractivity contribution >= 4 is 57.4 Å². The number of thioether (sulfide) groups is 1. The highest BCUT2D eigenvalue weighted by atomic mass is 35.5. The summed E-state index contributed by atoms with van der Waals surface area (Å²) in [5.41, 5.74) is 0.635. The minimum absolute atomic E-state index is 0.00906. The Balaban J connectivity index is 1.27. The SMILES string of the molecule is O=C(O)COC1CCN(C2=NC(=O)C(=Cc3ccc4c(cnn4Cc4ccc(Cl)cc4C(F)(F)F)c3)S2)CC1. The van der Waals surface area contributed by atoms with Crippen molar-refractivity contribution < 1.29 is 32.6 Å². The van der Waals surface area contributed by atoms with Gasteiger partial charge in [0.1, 0.15) is 6.61 Å². The van der Waals surface area contributed by atoms with Crippen molar-refractivity contribution in [1.29, 1.82) is 0 Å². The van der Waals surface area contributed by atoms with Crippen molar-refractivity contribution in [2.24, 2.45) is 4.99 Å².